The number of aryl methyl sites for hydroxylation is 1. The first-order valence-corrected chi connectivity index (χ1v) is 8.56. The first-order valence-electron chi connectivity index (χ1n) is 8.56. The molecule has 0 aliphatic carbocycles. The van der Waals surface area contributed by atoms with Gasteiger partial charge in [-0.1, -0.05) is 30.3 Å². The number of benzene rings is 2. The minimum absolute atomic E-state index is 0.160. The number of hydrogen-bond acceptors (Lipinski definition) is 3. The van der Waals surface area contributed by atoms with Crippen LogP contribution in [-0.4, -0.2) is 31.3 Å². The molecule has 0 heterocycles. The number of ether oxygens (including phenoxy) is 1. The van der Waals surface area contributed by atoms with Crippen LogP contribution in [0.4, 0.5) is 0 Å². The summed E-state index contributed by atoms with van der Waals surface area (Å²) in [6, 6.07) is 13.7. The number of aliphatic imine (C=N–C) groups is 1. The Hall–Kier alpha value is -2.69. The van der Waals surface area contributed by atoms with Crippen molar-refractivity contribution in [3.05, 3.63) is 59.2 Å². The third kappa shape index (κ3) is 5.71. The van der Waals surface area contributed by atoms with Gasteiger partial charge < -0.3 is 20.5 Å². The predicted octanol–water partition coefficient (Wildman–Crippen LogP) is 3.01. The second-order valence-electron chi connectivity index (χ2n) is 5.80. The maximum absolute atomic E-state index is 9.65. The van der Waals surface area contributed by atoms with E-state index in [2.05, 4.69) is 41.6 Å². The van der Waals surface area contributed by atoms with Gasteiger partial charge in [0.15, 0.2) is 17.5 Å². The van der Waals surface area contributed by atoms with Crippen molar-refractivity contribution in [2.24, 2.45) is 4.99 Å². The summed E-state index contributed by atoms with van der Waals surface area (Å²) in [5.74, 6) is 1.46. The highest BCUT2D eigenvalue weighted by molar-refractivity contribution is 5.79. The summed E-state index contributed by atoms with van der Waals surface area (Å²) in [4.78, 5) is 4.65. The fourth-order valence-electron chi connectivity index (χ4n) is 2.50. The van der Waals surface area contributed by atoms with Crippen LogP contribution in [0.2, 0.25) is 0 Å². The third-order valence-corrected chi connectivity index (χ3v) is 3.96. The Morgan fingerprint density at radius 2 is 1.96 bits per heavy atom. The zero-order chi connectivity index (χ0) is 18.1. The van der Waals surface area contributed by atoms with Crippen LogP contribution in [0.25, 0.3) is 0 Å². The number of nitrogens with zero attached hydrogens (tertiary/aromatic N) is 1. The van der Waals surface area contributed by atoms with E-state index in [4.69, 9.17) is 4.74 Å². The SMILES string of the molecule is CCNC(=NCc1ccccc1C)NCCc1ccc(O)c(OC)c1. The average Bonchev–Trinajstić information content (AvgIpc) is 2.62. The zero-order valence-corrected chi connectivity index (χ0v) is 15.2. The second-order valence-corrected chi connectivity index (χ2v) is 5.80. The number of rotatable bonds is 7. The lowest BCUT2D eigenvalue weighted by Crippen LogP contribution is -2.38. The Morgan fingerprint density at radius 3 is 2.68 bits per heavy atom. The number of phenolic OH excluding ortho intramolecular Hbond substituents is 1. The first-order chi connectivity index (χ1) is 12.1. The highest BCUT2D eigenvalue weighted by Crippen LogP contribution is 2.26. The fourth-order valence-corrected chi connectivity index (χ4v) is 2.50. The number of hydrogen-bond donors (Lipinski definition) is 3. The summed E-state index contributed by atoms with van der Waals surface area (Å²) in [6.07, 6.45) is 0.811. The smallest absolute Gasteiger partial charge is 0.191 e. The zero-order valence-electron chi connectivity index (χ0n) is 15.2. The van der Waals surface area contributed by atoms with Gasteiger partial charge in [-0.15, -0.1) is 0 Å². The molecule has 0 amide bonds. The maximum Gasteiger partial charge on any atom is 0.191 e. The van der Waals surface area contributed by atoms with Gasteiger partial charge in [0.05, 0.1) is 13.7 Å². The van der Waals surface area contributed by atoms with E-state index >= 15 is 0 Å². The molecule has 25 heavy (non-hydrogen) atoms. The van der Waals surface area contributed by atoms with Gasteiger partial charge in [-0.3, -0.25) is 0 Å². The molecule has 0 radical (unpaired) electrons. The molecular weight excluding hydrogens is 314 g/mol. The summed E-state index contributed by atoms with van der Waals surface area (Å²) >= 11 is 0. The van der Waals surface area contributed by atoms with Crippen LogP contribution in [0.15, 0.2) is 47.5 Å². The Bertz CT molecular complexity index is 714. The van der Waals surface area contributed by atoms with E-state index in [1.54, 1.807) is 13.2 Å². The quantitative estimate of drug-likeness (QED) is 0.535. The van der Waals surface area contributed by atoms with Crippen LogP contribution in [0.1, 0.15) is 23.6 Å². The molecule has 0 fully saturated rings. The molecule has 5 heteroatoms. The number of guanidine groups is 1. The number of nitrogens with one attached hydrogen (secondary N) is 2. The molecule has 0 aliphatic rings. The van der Waals surface area contributed by atoms with Crippen molar-refractivity contribution in [1.29, 1.82) is 0 Å². The third-order valence-electron chi connectivity index (χ3n) is 3.96. The lowest BCUT2D eigenvalue weighted by Gasteiger charge is -2.12. The molecule has 0 bridgehead atoms. The minimum Gasteiger partial charge on any atom is -0.504 e. The molecule has 0 aromatic heterocycles. The van der Waals surface area contributed by atoms with E-state index in [-0.39, 0.29) is 5.75 Å². The molecule has 2 aromatic carbocycles. The highest BCUT2D eigenvalue weighted by atomic mass is 16.5. The summed E-state index contributed by atoms with van der Waals surface area (Å²) < 4.78 is 5.14. The highest BCUT2D eigenvalue weighted by Gasteiger charge is 2.04. The van der Waals surface area contributed by atoms with Gasteiger partial charge in [0.2, 0.25) is 0 Å². The van der Waals surface area contributed by atoms with Crippen molar-refractivity contribution in [2.75, 3.05) is 20.2 Å². The van der Waals surface area contributed by atoms with E-state index in [0.717, 1.165) is 31.0 Å². The molecule has 3 N–H and O–H groups in total. The lowest BCUT2D eigenvalue weighted by molar-refractivity contribution is 0.373. The molecule has 0 atom stereocenters. The topological polar surface area (TPSA) is 65.9 Å². The monoisotopic (exact) mass is 341 g/mol. The Morgan fingerprint density at radius 1 is 1.16 bits per heavy atom. The van der Waals surface area contributed by atoms with Crippen molar-refractivity contribution in [2.45, 2.75) is 26.8 Å². The minimum atomic E-state index is 0.160. The van der Waals surface area contributed by atoms with Gasteiger partial charge >= 0.3 is 0 Å². The number of methoxy groups -OCH3 is 1. The van der Waals surface area contributed by atoms with Gasteiger partial charge in [0.25, 0.3) is 0 Å². The van der Waals surface area contributed by atoms with Gasteiger partial charge in [-0.2, -0.15) is 0 Å². The first kappa shape index (κ1) is 18.6. The molecular formula is C20H27N3O2. The van der Waals surface area contributed by atoms with E-state index in [1.807, 2.05) is 24.3 Å². The number of aromatic hydroxyl groups is 1. The van der Waals surface area contributed by atoms with Crippen molar-refractivity contribution >= 4 is 5.96 Å². The molecule has 0 aliphatic heterocycles. The Kier molecular flexibility index (Phi) is 7.14. The molecule has 0 saturated carbocycles. The lowest BCUT2D eigenvalue weighted by atomic mass is 10.1. The average molecular weight is 341 g/mol. The fraction of sp³-hybridized carbons (Fsp3) is 0.350. The van der Waals surface area contributed by atoms with Gasteiger partial charge in [0.1, 0.15) is 0 Å². The van der Waals surface area contributed by atoms with Gasteiger partial charge in [-0.05, 0) is 49.1 Å². The van der Waals surface area contributed by atoms with Crippen LogP contribution in [0.3, 0.4) is 0 Å². The standard InChI is InChI=1S/C20H27N3O2/c1-4-21-20(23-14-17-8-6-5-7-15(17)2)22-12-11-16-9-10-18(24)19(13-16)25-3/h5-10,13,24H,4,11-12,14H2,1-3H3,(H2,21,22,23). The van der Waals surface area contributed by atoms with Crippen molar-refractivity contribution in [1.82, 2.24) is 10.6 Å². The normalized spacial score (nSPS) is 11.2. The van der Waals surface area contributed by atoms with Crippen LogP contribution in [0, 0.1) is 6.92 Å². The Balaban J connectivity index is 1.93. The molecule has 2 rings (SSSR count). The summed E-state index contributed by atoms with van der Waals surface area (Å²) in [6.45, 7) is 6.36. The molecule has 0 unspecified atom stereocenters. The maximum atomic E-state index is 9.65. The number of phenols is 1. The van der Waals surface area contributed by atoms with Crippen LogP contribution in [-0.2, 0) is 13.0 Å². The van der Waals surface area contributed by atoms with E-state index in [0.29, 0.717) is 12.3 Å². The molecule has 0 spiro atoms. The predicted molar refractivity (Wildman–Crippen MR) is 102 cm³/mol. The summed E-state index contributed by atoms with van der Waals surface area (Å²) in [5, 5.41) is 16.3. The van der Waals surface area contributed by atoms with E-state index < -0.39 is 0 Å². The molecule has 2 aromatic rings. The summed E-state index contributed by atoms with van der Waals surface area (Å²) in [7, 11) is 1.55. The largest absolute Gasteiger partial charge is 0.504 e. The van der Waals surface area contributed by atoms with E-state index in [9.17, 15) is 5.11 Å². The van der Waals surface area contributed by atoms with Gasteiger partial charge in [-0.25, -0.2) is 4.99 Å². The second kappa shape index (κ2) is 9.57. The molecule has 5 nitrogen and oxygen atoms in total. The summed E-state index contributed by atoms with van der Waals surface area (Å²) in [5.41, 5.74) is 3.57. The van der Waals surface area contributed by atoms with Crippen LogP contribution < -0.4 is 15.4 Å². The Labute approximate surface area is 149 Å². The van der Waals surface area contributed by atoms with Crippen LogP contribution in [0.5, 0.6) is 11.5 Å². The molecule has 0 saturated heterocycles. The van der Waals surface area contributed by atoms with Gasteiger partial charge in [0, 0.05) is 13.1 Å². The van der Waals surface area contributed by atoms with Crippen molar-refractivity contribution in [3.8, 4) is 11.5 Å². The van der Waals surface area contributed by atoms with E-state index in [1.165, 1.54) is 11.1 Å². The van der Waals surface area contributed by atoms with Crippen LogP contribution >= 0.6 is 0 Å². The molecule has 134 valence electrons. The van der Waals surface area contributed by atoms with Crippen molar-refractivity contribution < 1.29 is 9.84 Å². The van der Waals surface area contributed by atoms with Crippen molar-refractivity contribution in [3.63, 3.8) is 0 Å².